The Morgan fingerprint density at radius 3 is 2.01 bits per heavy atom. The SMILES string of the molecule is CC[N+]1=C(/C=C/C=C/C=C2\N(CCCCCC(=O)NCCCC[C@H](NC(=O)[C@H](Cc3ccccc3)NC(=O)OCc3ccccc3)C(=O)COC(=O)c3c(C)cc(C(=O)NCCNC(=O)C4CCN(S(=O)(=O)c5ccccc5-c5c6ccc(=[N+]7CCc8ccccc87)cc-6oc6cc(N7CCc8ccccc87)ccc56)CC4)cc3C)c3ccc(S(=O)(=O)[O-])cc3C2(C)C)C(C)(C)c2cc(S(=O)(=O)[O-])ccc21. The number of benzene rings is 10. The predicted octanol–water partition coefficient (Wildman–Crippen LogP) is 15.4. The zero-order valence-electron chi connectivity index (χ0n) is 80.0. The van der Waals surface area contributed by atoms with E-state index in [2.05, 4.69) is 106 Å². The smallest absolute Gasteiger partial charge is 0.408 e. The molecule has 31 heteroatoms. The molecule has 6 aliphatic heterocycles. The third-order valence-corrected chi connectivity index (χ3v) is 31.0. The van der Waals surface area contributed by atoms with Crippen molar-refractivity contribution in [2.24, 2.45) is 5.92 Å². The third-order valence-electron chi connectivity index (χ3n) is 27.4. The first-order valence-corrected chi connectivity index (χ1v) is 52.2. The fraction of sp³-hybridized carbons (Fsp3) is 0.318. The number of nitrogens with zero attached hydrogens (tertiary/aromatic N) is 5. The Morgan fingerprint density at radius 1 is 0.589 bits per heavy atom. The molecule has 1 fully saturated rings. The van der Waals surface area contributed by atoms with Crippen LogP contribution in [-0.2, 0) is 95.6 Å². The highest BCUT2D eigenvalue weighted by molar-refractivity contribution is 7.89. The van der Waals surface area contributed by atoms with E-state index < -0.39 is 95.4 Å². The predicted molar refractivity (Wildman–Crippen MR) is 538 cm³/mol. The molecule has 0 unspecified atom stereocenters. The van der Waals surface area contributed by atoms with Crippen LogP contribution in [0.1, 0.15) is 158 Å². The van der Waals surface area contributed by atoms with Crippen molar-refractivity contribution >= 4 is 117 Å². The maximum atomic E-state index is 15.2. The Kier molecular flexibility index (Phi) is 30.6. The number of fused-ring (bicyclic) bond motifs is 6. The number of rotatable bonds is 37. The van der Waals surface area contributed by atoms with Crippen LogP contribution in [0.3, 0.4) is 0 Å². The fourth-order valence-corrected chi connectivity index (χ4v) is 22.7. The quantitative estimate of drug-likeness (QED) is 0.00603. The van der Waals surface area contributed by atoms with Crippen LogP contribution in [0.5, 0.6) is 0 Å². The minimum atomic E-state index is -4.79. The number of anilines is 3. The lowest BCUT2D eigenvalue weighted by Crippen LogP contribution is -2.53. The third kappa shape index (κ3) is 22.5. The summed E-state index contributed by atoms with van der Waals surface area (Å²) in [5.74, 6) is -3.17. The highest BCUT2D eigenvalue weighted by Crippen LogP contribution is 2.50. The first kappa shape index (κ1) is 100. The number of hydrogen-bond acceptors (Lipinski definition) is 20. The Bertz CT molecular complexity index is 7200. The van der Waals surface area contributed by atoms with Gasteiger partial charge in [0.25, 0.3) is 5.91 Å². The van der Waals surface area contributed by atoms with E-state index >= 15 is 8.42 Å². The minimum Gasteiger partial charge on any atom is -0.744 e. The molecule has 0 spiro atoms. The molecule has 7 aliphatic rings. The molecular weight excluding hydrogens is 1850 g/mol. The molecule has 5 amide bonds. The van der Waals surface area contributed by atoms with Gasteiger partial charge in [0.2, 0.25) is 44.5 Å². The van der Waals surface area contributed by atoms with E-state index in [-0.39, 0.29) is 109 Å². The summed E-state index contributed by atoms with van der Waals surface area (Å²) >= 11 is 0. The van der Waals surface area contributed by atoms with Crippen molar-refractivity contribution in [2.75, 3.05) is 75.3 Å². The van der Waals surface area contributed by atoms with Crippen molar-refractivity contribution in [1.82, 2.24) is 35.5 Å². The number of esters is 1. The van der Waals surface area contributed by atoms with E-state index in [0.29, 0.717) is 95.5 Å². The summed E-state index contributed by atoms with van der Waals surface area (Å²) in [6.45, 7) is 15.3. The Morgan fingerprint density at radius 2 is 1.27 bits per heavy atom. The second-order valence-electron chi connectivity index (χ2n) is 37.4. The summed E-state index contributed by atoms with van der Waals surface area (Å²) in [5.41, 5.74) is 14.0. The molecule has 28 nitrogen and oxygen atoms in total. The second-order valence-corrected chi connectivity index (χ2v) is 42.1. The number of aryl methyl sites for hydroxylation is 2. The van der Waals surface area contributed by atoms with Crippen molar-refractivity contribution in [3.8, 4) is 22.5 Å². The molecule has 0 bridgehead atoms. The average Bonchev–Trinajstić information content (AvgIpc) is 1.68. The lowest BCUT2D eigenvalue weighted by atomic mass is 9.81. The van der Waals surface area contributed by atoms with Gasteiger partial charge in [-0.25, -0.2) is 34.8 Å². The first-order valence-electron chi connectivity index (χ1n) is 47.9. The number of carbonyl (C=O) groups is 7. The monoisotopic (exact) mass is 1960 g/mol. The Hall–Kier alpha value is -13.8. The zero-order chi connectivity index (χ0) is 99.7. The summed E-state index contributed by atoms with van der Waals surface area (Å²) in [6, 6.07) is 63.3. The number of hydrogen-bond donors (Lipinski definition) is 5. The molecule has 0 radical (unpaired) electrons. The zero-order valence-corrected chi connectivity index (χ0v) is 82.4. The van der Waals surface area contributed by atoms with E-state index in [4.69, 9.17) is 13.9 Å². The largest absolute Gasteiger partial charge is 0.744 e. The van der Waals surface area contributed by atoms with Crippen molar-refractivity contribution in [2.45, 2.75) is 170 Å². The standard InChI is InChI=1S/C110H116N10O18S3/c1-8-117-93-49-45-82(140(130,131)132)68-87(93)109(4,5)99(117)40-17-11-18-41-100-110(6,7)88-69-83(141(133,134)135)46-50-94(88)120(100)58-28-12-19-42-101(122)111-55-27-26-36-89(114-106(125)90(65-74-29-13-9-14-30-74)115-108(127)137-70-75-31-15-10-16-32-75)95(121)71-136-107(126)102-72(2)63-79(64-73(102)3)105(124)113-57-56-112-104(123)78-51-59-116(60-52-78)139(128,129)98-39-25-22-35-86(98)103-84-47-43-80(118-61-53-76-33-20-23-37-91(76)118)66-96(84)138-97-67-81(44-48-85(97)103)119-62-54-77-34-21-24-38-92(77)119/h9-11,13-18,20-25,29-35,37-41,43-50,63-64,66-69,78,89-90H,8,12,19,26-28,36,42,51-62,65,70-71H2,1-7H3,(H5-2,111,112,113,114,115,122,123,124,125,127,130,131,132,133,134,135)/t89-,90-/m0/s1. The second kappa shape index (κ2) is 43.1. The van der Waals surface area contributed by atoms with Gasteiger partial charge in [-0.3, -0.25) is 24.0 Å². The minimum absolute atomic E-state index is 0.00882. The van der Waals surface area contributed by atoms with Gasteiger partial charge in [-0.1, -0.05) is 154 Å². The molecule has 16 rings (SSSR count). The fourth-order valence-electron chi connectivity index (χ4n) is 20.1. The molecule has 9 aromatic carbocycles. The molecule has 6 heterocycles. The molecule has 9 aromatic rings. The number of unbranched alkanes of at least 4 members (excludes halogenated alkanes) is 3. The molecule has 1 aliphatic carbocycles. The van der Waals surface area contributed by atoms with Crippen molar-refractivity contribution in [1.29, 1.82) is 0 Å². The van der Waals surface area contributed by atoms with Crippen molar-refractivity contribution in [3.63, 3.8) is 0 Å². The number of allylic oxidation sites excluding steroid dienone is 6. The molecular formula is C110H116N10O18S3. The number of para-hydroxylation sites is 2. The van der Waals surface area contributed by atoms with Crippen LogP contribution in [0.15, 0.2) is 274 Å². The summed E-state index contributed by atoms with van der Waals surface area (Å²) in [7, 11) is -13.6. The maximum Gasteiger partial charge on any atom is 0.408 e. The number of piperidine rings is 1. The maximum absolute atomic E-state index is 15.2. The van der Waals surface area contributed by atoms with Gasteiger partial charge in [0, 0.05) is 168 Å². The van der Waals surface area contributed by atoms with Crippen LogP contribution in [-0.4, -0.2) is 168 Å². The number of Topliss-reactive ketones (excluding diaryl/α,β-unsaturated/α-hetero) is 1. The number of ketones is 1. The summed E-state index contributed by atoms with van der Waals surface area (Å²) in [5, 5.41) is 15.9. The molecule has 732 valence electrons. The molecule has 2 atom stereocenters. The summed E-state index contributed by atoms with van der Waals surface area (Å²) < 4.78 is 127. The molecule has 0 aromatic heterocycles. The first-order chi connectivity index (χ1) is 67.6. The van der Waals surface area contributed by atoms with Crippen LogP contribution in [0, 0.1) is 19.8 Å². The molecule has 5 N–H and O–H groups in total. The Balaban J connectivity index is 0.521. The lowest BCUT2D eigenvalue weighted by molar-refractivity contribution is -0.433. The normalized spacial score (nSPS) is 16.2. The van der Waals surface area contributed by atoms with E-state index in [1.54, 1.807) is 92.7 Å². The summed E-state index contributed by atoms with van der Waals surface area (Å²) in [6.07, 6.45) is 13.5. The number of sulfonamides is 1. The van der Waals surface area contributed by atoms with E-state index in [9.17, 15) is 59.5 Å². The average molecular weight is 1960 g/mol. The number of alkyl carbamates (subject to hydrolysis) is 1. The highest BCUT2D eigenvalue weighted by atomic mass is 32.2. The van der Waals surface area contributed by atoms with Crippen molar-refractivity contribution < 1.29 is 86.4 Å². The van der Waals surface area contributed by atoms with Crippen LogP contribution in [0.2, 0.25) is 0 Å². The van der Waals surface area contributed by atoms with Gasteiger partial charge in [-0.15, -0.1) is 0 Å². The van der Waals surface area contributed by atoms with Gasteiger partial charge in [-0.05, 0) is 198 Å². The molecule has 1 saturated heterocycles. The van der Waals surface area contributed by atoms with Gasteiger partial charge in [0.05, 0.1) is 37.8 Å². The van der Waals surface area contributed by atoms with Crippen molar-refractivity contribution in [3.05, 3.63) is 315 Å². The van der Waals surface area contributed by atoms with Gasteiger partial charge in [0.1, 0.15) is 50.8 Å². The molecule has 141 heavy (non-hydrogen) atoms. The van der Waals surface area contributed by atoms with Crippen LogP contribution < -0.4 is 46.3 Å². The van der Waals surface area contributed by atoms with Gasteiger partial charge < -0.3 is 59.4 Å². The Labute approximate surface area is 822 Å². The lowest BCUT2D eigenvalue weighted by Gasteiger charge is -2.31. The number of carbonyl (C=O) groups excluding carboxylic acids is 7. The number of amides is 5. The van der Waals surface area contributed by atoms with Gasteiger partial charge >= 0.3 is 12.1 Å². The number of nitrogens with one attached hydrogen (secondary N) is 5. The van der Waals surface area contributed by atoms with E-state index in [1.807, 2.05) is 107 Å². The summed E-state index contributed by atoms with van der Waals surface area (Å²) in [4.78, 5) is 102. The van der Waals surface area contributed by atoms with Crippen LogP contribution in [0.4, 0.5) is 33.2 Å². The topological polar surface area (TPSA) is 376 Å². The van der Waals surface area contributed by atoms with Crippen LogP contribution in [0.25, 0.3) is 33.4 Å². The van der Waals surface area contributed by atoms with Crippen LogP contribution >= 0.6 is 0 Å². The van der Waals surface area contributed by atoms with E-state index in [0.717, 1.165) is 87.6 Å². The number of ether oxygens (including phenoxy) is 2. The van der Waals surface area contributed by atoms with Gasteiger partial charge in [-0.2, -0.15) is 13.5 Å². The van der Waals surface area contributed by atoms with E-state index in [1.165, 1.54) is 51.8 Å². The van der Waals surface area contributed by atoms with Gasteiger partial charge in [0.15, 0.2) is 24.6 Å². The highest BCUT2D eigenvalue weighted by Gasteiger charge is 2.46. The molecule has 0 saturated carbocycles.